The van der Waals surface area contributed by atoms with E-state index in [0.717, 1.165) is 12.8 Å². The molecule has 0 spiro atoms. The molecule has 1 heterocycles. The fourth-order valence-corrected chi connectivity index (χ4v) is 2.18. The Kier molecular flexibility index (Phi) is 5.91. The Morgan fingerprint density at radius 2 is 2.22 bits per heavy atom. The van der Waals surface area contributed by atoms with E-state index in [-0.39, 0.29) is 18.6 Å². The molecule has 18 heavy (non-hydrogen) atoms. The van der Waals surface area contributed by atoms with Crippen molar-refractivity contribution >= 4 is 12.0 Å². The maximum atomic E-state index is 11.9. The van der Waals surface area contributed by atoms with Gasteiger partial charge in [-0.2, -0.15) is 0 Å². The van der Waals surface area contributed by atoms with Gasteiger partial charge in [0.15, 0.2) is 0 Å². The molecule has 1 fully saturated rings. The highest BCUT2D eigenvalue weighted by Crippen LogP contribution is 2.15. The molecule has 1 aliphatic heterocycles. The highest BCUT2D eigenvalue weighted by molar-refractivity contribution is 5.82. The van der Waals surface area contributed by atoms with Crippen LogP contribution in [0.3, 0.4) is 0 Å². The summed E-state index contributed by atoms with van der Waals surface area (Å²) in [6, 6.07) is -1.16. The molecule has 104 valence electrons. The monoisotopic (exact) mass is 258 g/mol. The van der Waals surface area contributed by atoms with E-state index in [1.807, 2.05) is 6.92 Å². The third kappa shape index (κ3) is 4.18. The number of urea groups is 1. The molecule has 6 heteroatoms. The van der Waals surface area contributed by atoms with Gasteiger partial charge in [0, 0.05) is 19.7 Å². The molecule has 6 nitrogen and oxygen atoms in total. The van der Waals surface area contributed by atoms with E-state index in [0.29, 0.717) is 25.9 Å². The Balaban J connectivity index is 2.50. The van der Waals surface area contributed by atoms with Crippen LogP contribution in [0.1, 0.15) is 32.6 Å². The van der Waals surface area contributed by atoms with E-state index in [2.05, 4.69) is 5.32 Å². The van der Waals surface area contributed by atoms with E-state index < -0.39 is 12.0 Å². The zero-order valence-corrected chi connectivity index (χ0v) is 10.8. The van der Waals surface area contributed by atoms with Crippen LogP contribution in [0.5, 0.6) is 0 Å². The van der Waals surface area contributed by atoms with Crippen LogP contribution in [0.4, 0.5) is 4.79 Å². The molecule has 1 unspecified atom stereocenters. The lowest BCUT2D eigenvalue weighted by molar-refractivity contribution is -0.139. The van der Waals surface area contributed by atoms with Crippen LogP contribution < -0.4 is 5.32 Å². The molecular formula is C12H22N2O4. The smallest absolute Gasteiger partial charge is 0.326 e. The Hall–Kier alpha value is -1.30. The van der Waals surface area contributed by atoms with E-state index in [1.165, 1.54) is 0 Å². The fourth-order valence-electron chi connectivity index (χ4n) is 2.18. The normalized spacial score (nSPS) is 21.4. The van der Waals surface area contributed by atoms with Gasteiger partial charge in [-0.25, -0.2) is 9.59 Å². The first-order chi connectivity index (χ1) is 8.58. The number of aliphatic hydroxyl groups is 1. The number of nitrogens with zero attached hydrogens (tertiary/aromatic N) is 1. The Morgan fingerprint density at radius 1 is 1.50 bits per heavy atom. The van der Waals surface area contributed by atoms with Gasteiger partial charge >= 0.3 is 12.0 Å². The van der Waals surface area contributed by atoms with Crippen LogP contribution in [-0.2, 0) is 4.79 Å². The third-order valence-electron chi connectivity index (χ3n) is 3.24. The lowest BCUT2D eigenvalue weighted by atomic mass is 9.99. The van der Waals surface area contributed by atoms with Gasteiger partial charge in [-0.1, -0.05) is 13.3 Å². The number of nitrogens with one attached hydrogen (secondary N) is 1. The van der Waals surface area contributed by atoms with Crippen molar-refractivity contribution in [3.8, 4) is 0 Å². The van der Waals surface area contributed by atoms with Crippen LogP contribution in [0.2, 0.25) is 0 Å². The largest absolute Gasteiger partial charge is 0.480 e. The minimum Gasteiger partial charge on any atom is -0.480 e. The number of rotatable bonds is 5. The number of aliphatic carboxylic acids is 1. The first-order valence-corrected chi connectivity index (χ1v) is 6.47. The molecule has 2 amide bonds. The Morgan fingerprint density at radius 3 is 2.78 bits per heavy atom. The predicted molar refractivity (Wildman–Crippen MR) is 66.2 cm³/mol. The lowest BCUT2D eigenvalue weighted by Crippen LogP contribution is -2.51. The summed E-state index contributed by atoms with van der Waals surface area (Å²) >= 11 is 0. The average Bonchev–Trinajstić information content (AvgIpc) is 2.38. The van der Waals surface area contributed by atoms with Gasteiger partial charge in [0.2, 0.25) is 0 Å². The molecule has 1 rings (SSSR count). The zero-order valence-electron chi connectivity index (χ0n) is 10.8. The number of carbonyl (C=O) groups is 2. The van der Waals surface area contributed by atoms with Gasteiger partial charge in [-0.3, -0.25) is 0 Å². The summed E-state index contributed by atoms with van der Waals surface area (Å²) in [5.41, 5.74) is 0. The molecule has 0 saturated carbocycles. The number of carboxylic acid groups (broad SMARTS) is 1. The van der Waals surface area contributed by atoms with Crippen molar-refractivity contribution in [1.29, 1.82) is 0 Å². The zero-order chi connectivity index (χ0) is 13.5. The molecule has 0 aromatic carbocycles. The van der Waals surface area contributed by atoms with Crippen molar-refractivity contribution in [1.82, 2.24) is 10.2 Å². The number of carbonyl (C=O) groups excluding carboxylic acids is 1. The molecule has 0 bridgehead atoms. The number of piperidine rings is 1. The number of likely N-dealkylation sites (tertiary alicyclic amines) is 1. The van der Waals surface area contributed by atoms with Crippen molar-refractivity contribution in [2.75, 3.05) is 19.7 Å². The van der Waals surface area contributed by atoms with Gasteiger partial charge in [-0.05, 0) is 25.2 Å². The minimum absolute atomic E-state index is 0.0705. The van der Waals surface area contributed by atoms with Crippen molar-refractivity contribution in [2.45, 2.75) is 38.6 Å². The molecule has 2 atom stereocenters. The molecule has 0 aromatic heterocycles. The minimum atomic E-state index is -0.999. The van der Waals surface area contributed by atoms with E-state index in [4.69, 9.17) is 10.2 Å². The van der Waals surface area contributed by atoms with Gasteiger partial charge in [0.1, 0.15) is 6.04 Å². The fraction of sp³-hybridized carbons (Fsp3) is 0.833. The highest BCUT2D eigenvalue weighted by Gasteiger charge is 2.26. The van der Waals surface area contributed by atoms with Crippen molar-refractivity contribution in [3.63, 3.8) is 0 Å². The SMILES string of the molecule is CCC[C@H](NC(=O)N1CCCC(CO)C1)C(=O)O. The van der Waals surface area contributed by atoms with Gasteiger partial charge in [0.25, 0.3) is 0 Å². The second-order valence-corrected chi connectivity index (χ2v) is 4.77. The number of carboxylic acids is 1. The topological polar surface area (TPSA) is 89.9 Å². The van der Waals surface area contributed by atoms with Gasteiger partial charge < -0.3 is 20.4 Å². The summed E-state index contributed by atoms with van der Waals surface area (Å²) < 4.78 is 0. The first-order valence-electron chi connectivity index (χ1n) is 6.47. The summed E-state index contributed by atoms with van der Waals surface area (Å²) in [6.07, 6.45) is 2.90. The van der Waals surface area contributed by atoms with E-state index in [9.17, 15) is 9.59 Å². The molecule has 0 radical (unpaired) electrons. The third-order valence-corrected chi connectivity index (χ3v) is 3.24. The maximum absolute atomic E-state index is 11.9. The highest BCUT2D eigenvalue weighted by atomic mass is 16.4. The molecular weight excluding hydrogens is 236 g/mol. The Labute approximate surface area is 107 Å². The van der Waals surface area contributed by atoms with Crippen molar-refractivity contribution in [3.05, 3.63) is 0 Å². The first kappa shape index (κ1) is 14.8. The molecule has 0 aromatic rings. The summed E-state index contributed by atoms with van der Waals surface area (Å²) in [5.74, 6) is -0.889. The maximum Gasteiger partial charge on any atom is 0.326 e. The average molecular weight is 258 g/mol. The van der Waals surface area contributed by atoms with Crippen LogP contribution in [-0.4, -0.2) is 52.9 Å². The second-order valence-electron chi connectivity index (χ2n) is 4.77. The number of aliphatic hydroxyl groups excluding tert-OH is 1. The van der Waals surface area contributed by atoms with Gasteiger partial charge in [-0.15, -0.1) is 0 Å². The quantitative estimate of drug-likeness (QED) is 0.675. The van der Waals surface area contributed by atoms with E-state index >= 15 is 0 Å². The van der Waals surface area contributed by atoms with Crippen LogP contribution in [0.25, 0.3) is 0 Å². The summed E-state index contributed by atoms with van der Waals surface area (Å²) in [4.78, 5) is 24.5. The van der Waals surface area contributed by atoms with Crippen LogP contribution in [0, 0.1) is 5.92 Å². The lowest BCUT2D eigenvalue weighted by Gasteiger charge is -2.32. The summed E-state index contributed by atoms with van der Waals surface area (Å²) in [7, 11) is 0. The number of hydrogen-bond donors (Lipinski definition) is 3. The van der Waals surface area contributed by atoms with Crippen molar-refractivity contribution < 1.29 is 19.8 Å². The summed E-state index contributed by atoms with van der Waals surface area (Å²) in [6.45, 7) is 3.08. The predicted octanol–water partition coefficient (Wildman–Crippen LogP) is 0.654. The van der Waals surface area contributed by atoms with Crippen LogP contribution in [0.15, 0.2) is 0 Å². The standard InChI is InChI=1S/C12H22N2O4/c1-2-4-10(11(16)17)13-12(18)14-6-3-5-9(7-14)8-15/h9-10,15H,2-8H2,1H3,(H,13,18)(H,16,17)/t9?,10-/m0/s1. The van der Waals surface area contributed by atoms with Crippen LogP contribution >= 0.6 is 0 Å². The van der Waals surface area contributed by atoms with E-state index in [1.54, 1.807) is 4.90 Å². The van der Waals surface area contributed by atoms with Crippen molar-refractivity contribution in [2.24, 2.45) is 5.92 Å². The second kappa shape index (κ2) is 7.20. The summed E-state index contributed by atoms with van der Waals surface area (Å²) in [5, 5.41) is 20.6. The van der Waals surface area contributed by atoms with Gasteiger partial charge in [0.05, 0.1) is 0 Å². The molecule has 0 aliphatic carbocycles. The Bertz CT molecular complexity index is 296. The number of hydrogen-bond acceptors (Lipinski definition) is 3. The molecule has 3 N–H and O–H groups in total. The molecule has 1 aliphatic rings. The number of amides is 2. The molecule has 1 saturated heterocycles.